The molecule has 3 atom stereocenters. The first-order valence-electron chi connectivity index (χ1n) is 8.22. The third-order valence-electron chi connectivity index (χ3n) is 4.52. The monoisotopic (exact) mass is 337 g/mol. The van der Waals surface area contributed by atoms with Crippen molar-refractivity contribution >= 4 is 23.2 Å². The van der Waals surface area contributed by atoms with Crippen LogP contribution in [0.2, 0.25) is 0 Å². The predicted octanol–water partition coefficient (Wildman–Crippen LogP) is 1.74. The van der Waals surface area contributed by atoms with Crippen molar-refractivity contribution in [1.29, 1.82) is 0 Å². The zero-order valence-electron chi connectivity index (χ0n) is 13.4. The maximum absolute atomic E-state index is 12.6. The number of carbonyl (C=O) groups is 2. The Bertz CT molecular complexity index is 543. The van der Waals surface area contributed by atoms with Crippen molar-refractivity contribution in [3.05, 3.63) is 16.6 Å². The molecule has 0 aliphatic carbocycles. The summed E-state index contributed by atoms with van der Waals surface area (Å²) in [5.74, 6) is 0.241. The van der Waals surface area contributed by atoms with Crippen LogP contribution < -0.4 is 5.32 Å². The second-order valence-corrected chi connectivity index (χ2v) is 7.16. The molecular formula is C16H23N3O3S. The van der Waals surface area contributed by atoms with E-state index < -0.39 is 0 Å². The average Bonchev–Trinajstić information content (AvgIpc) is 3.25. The molecule has 1 N–H and O–H groups in total. The maximum Gasteiger partial charge on any atom is 0.251 e. The highest BCUT2D eigenvalue weighted by Crippen LogP contribution is 2.31. The van der Waals surface area contributed by atoms with Gasteiger partial charge in [0.1, 0.15) is 11.1 Å². The number of hydrogen-bond donors (Lipinski definition) is 1. The summed E-state index contributed by atoms with van der Waals surface area (Å²) in [6.07, 6.45) is 5.20. The van der Waals surface area contributed by atoms with Crippen LogP contribution in [0.4, 0.5) is 0 Å². The highest BCUT2D eigenvalue weighted by atomic mass is 32.1. The lowest BCUT2D eigenvalue weighted by molar-refractivity contribution is -0.143. The van der Waals surface area contributed by atoms with Crippen LogP contribution >= 0.6 is 11.3 Å². The minimum atomic E-state index is -0.271. The summed E-state index contributed by atoms with van der Waals surface area (Å²) in [4.78, 5) is 30.4. The lowest BCUT2D eigenvalue weighted by atomic mass is 9.90. The highest BCUT2D eigenvalue weighted by molar-refractivity contribution is 7.09. The van der Waals surface area contributed by atoms with Gasteiger partial charge in [-0.15, -0.1) is 11.3 Å². The Kier molecular flexibility index (Phi) is 5.27. The van der Waals surface area contributed by atoms with Gasteiger partial charge < -0.3 is 15.0 Å². The second-order valence-electron chi connectivity index (χ2n) is 6.24. The van der Waals surface area contributed by atoms with Gasteiger partial charge in [-0.2, -0.15) is 0 Å². The molecule has 2 saturated heterocycles. The van der Waals surface area contributed by atoms with Gasteiger partial charge in [0.2, 0.25) is 5.91 Å². The van der Waals surface area contributed by atoms with E-state index in [2.05, 4.69) is 10.3 Å². The SMILES string of the molecule is CC(=O)N[C@H](c1nccs1)[C@H]1CCCN(C(=O)[C@H]2CCCO2)C1. The number of ether oxygens (including phenoxy) is 1. The molecule has 6 nitrogen and oxygen atoms in total. The van der Waals surface area contributed by atoms with E-state index in [1.54, 1.807) is 17.5 Å². The molecule has 126 valence electrons. The highest BCUT2D eigenvalue weighted by Gasteiger charge is 2.35. The second kappa shape index (κ2) is 7.40. The summed E-state index contributed by atoms with van der Waals surface area (Å²) in [5, 5.41) is 5.85. The van der Waals surface area contributed by atoms with Crippen LogP contribution in [0.1, 0.15) is 43.7 Å². The Labute approximate surface area is 140 Å². The zero-order valence-corrected chi connectivity index (χ0v) is 14.2. The lowest BCUT2D eigenvalue weighted by Gasteiger charge is -2.37. The Balaban J connectivity index is 1.70. The molecule has 0 bridgehead atoms. The van der Waals surface area contributed by atoms with E-state index in [0.29, 0.717) is 13.2 Å². The normalized spacial score (nSPS) is 26.0. The molecule has 7 heteroatoms. The van der Waals surface area contributed by atoms with E-state index in [0.717, 1.165) is 37.2 Å². The van der Waals surface area contributed by atoms with Crippen molar-refractivity contribution in [3.8, 4) is 0 Å². The van der Waals surface area contributed by atoms with Crippen LogP contribution in [-0.2, 0) is 14.3 Å². The number of piperidine rings is 1. The molecular weight excluding hydrogens is 314 g/mol. The standard InChI is InChI=1S/C16H23N3O3S/c1-11(20)18-14(15-17-6-9-23-15)12-4-2-7-19(10-12)16(21)13-5-3-8-22-13/h6,9,12-14H,2-5,7-8,10H2,1H3,(H,18,20)/t12-,13+,14-/m0/s1. The molecule has 2 aliphatic rings. The summed E-state index contributed by atoms with van der Waals surface area (Å²) in [5.41, 5.74) is 0. The van der Waals surface area contributed by atoms with Crippen LogP contribution in [0, 0.1) is 5.92 Å². The van der Waals surface area contributed by atoms with Crippen LogP contribution in [-0.4, -0.2) is 47.5 Å². The molecule has 23 heavy (non-hydrogen) atoms. The van der Waals surface area contributed by atoms with Gasteiger partial charge in [0, 0.05) is 44.1 Å². The van der Waals surface area contributed by atoms with E-state index in [-0.39, 0.29) is 29.9 Å². The number of nitrogens with one attached hydrogen (secondary N) is 1. The van der Waals surface area contributed by atoms with Gasteiger partial charge in [0.25, 0.3) is 5.91 Å². The fraction of sp³-hybridized carbons (Fsp3) is 0.688. The third kappa shape index (κ3) is 3.90. The average molecular weight is 337 g/mol. The molecule has 1 aromatic heterocycles. The van der Waals surface area contributed by atoms with E-state index in [4.69, 9.17) is 4.74 Å². The van der Waals surface area contributed by atoms with Gasteiger partial charge in [-0.3, -0.25) is 9.59 Å². The number of rotatable bonds is 4. The maximum atomic E-state index is 12.6. The number of likely N-dealkylation sites (tertiary alicyclic amines) is 1. The van der Waals surface area contributed by atoms with Gasteiger partial charge in [-0.1, -0.05) is 0 Å². The molecule has 0 radical (unpaired) electrons. The van der Waals surface area contributed by atoms with Crippen molar-refractivity contribution in [2.75, 3.05) is 19.7 Å². The molecule has 3 rings (SSSR count). The lowest BCUT2D eigenvalue weighted by Crippen LogP contribution is -2.48. The fourth-order valence-electron chi connectivity index (χ4n) is 3.45. The van der Waals surface area contributed by atoms with Crippen molar-refractivity contribution in [2.24, 2.45) is 5.92 Å². The first-order chi connectivity index (χ1) is 11.1. The van der Waals surface area contributed by atoms with E-state index in [1.807, 2.05) is 10.3 Å². The van der Waals surface area contributed by atoms with Gasteiger partial charge in [0.15, 0.2) is 0 Å². The Morgan fingerprint density at radius 3 is 2.96 bits per heavy atom. The summed E-state index contributed by atoms with van der Waals surface area (Å²) in [7, 11) is 0. The first-order valence-corrected chi connectivity index (χ1v) is 9.10. The van der Waals surface area contributed by atoms with Gasteiger partial charge in [0.05, 0.1) is 6.04 Å². The molecule has 2 aliphatic heterocycles. The van der Waals surface area contributed by atoms with E-state index in [1.165, 1.54) is 6.92 Å². The summed E-state index contributed by atoms with van der Waals surface area (Å²) >= 11 is 1.55. The van der Waals surface area contributed by atoms with Crippen molar-refractivity contribution in [2.45, 2.75) is 44.8 Å². The van der Waals surface area contributed by atoms with Crippen molar-refractivity contribution in [3.63, 3.8) is 0 Å². The predicted molar refractivity (Wildman–Crippen MR) is 86.9 cm³/mol. The number of thiazole rings is 1. The zero-order chi connectivity index (χ0) is 16.2. The molecule has 2 fully saturated rings. The largest absolute Gasteiger partial charge is 0.368 e. The minimum Gasteiger partial charge on any atom is -0.368 e. The first kappa shape index (κ1) is 16.4. The third-order valence-corrected chi connectivity index (χ3v) is 5.38. The van der Waals surface area contributed by atoms with E-state index >= 15 is 0 Å². The number of nitrogens with zero attached hydrogens (tertiary/aromatic N) is 2. The van der Waals surface area contributed by atoms with Crippen LogP contribution in [0.15, 0.2) is 11.6 Å². The quantitative estimate of drug-likeness (QED) is 0.908. The minimum absolute atomic E-state index is 0.0622. The number of carbonyl (C=O) groups excluding carboxylic acids is 2. The van der Waals surface area contributed by atoms with Crippen molar-refractivity contribution < 1.29 is 14.3 Å². The number of aromatic nitrogens is 1. The molecule has 1 aromatic rings. The summed E-state index contributed by atoms with van der Waals surface area (Å²) < 4.78 is 5.53. The van der Waals surface area contributed by atoms with Crippen molar-refractivity contribution in [1.82, 2.24) is 15.2 Å². The smallest absolute Gasteiger partial charge is 0.251 e. The van der Waals surface area contributed by atoms with Gasteiger partial charge in [-0.05, 0) is 25.7 Å². The summed E-state index contributed by atoms with van der Waals surface area (Å²) in [6.45, 7) is 3.64. The fourth-order valence-corrected chi connectivity index (χ4v) is 4.23. The van der Waals surface area contributed by atoms with Gasteiger partial charge >= 0.3 is 0 Å². The summed E-state index contributed by atoms with van der Waals surface area (Å²) in [6, 6.07) is -0.118. The molecule has 0 unspecified atom stereocenters. The van der Waals surface area contributed by atoms with Gasteiger partial charge in [-0.25, -0.2) is 4.98 Å². The molecule has 2 amide bonds. The Hall–Kier alpha value is -1.47. The Morgan fingerprint density at radius 1 is 1.43 bits per heavy atom. The van der Waals surface area contributed by atoms with Crippen LogP contribution in [0.3, 0.4) is 0 Å². The number of amides is 2. The number of hydrogen-bond acceptors (Lipinski definition) is 5. The molecule has 0 aromatic carbocycles. The Morgan fingerprint density at radius 2 is 2.30 bits per heavy atom. The molecule has 0 saturated carbocycles. The molecule has 3 heterocycles. The topological polar surface area (TPSA) is 71.5 Å². The van der Waals surface area contributed by atoms with E-state index in [9.17, 15) is 9.59 Å². The van der Waals surface area contributed by atoms with Crippen LogP contribution in [0.5, 0.6) is 0 Å². The molecule has 0 spiro atoms. The van der Waals surface area contributed by atoms with Crippen LogP contribution in [0.25, 0.3) is 0 Å².